The van der Waals surface area contributed by atoms with Crippen LogP contribution in [0, 0.1) is 6.92 Å². The predicted molar refractivity (Wildman–Crippen MR) is 136 cm³/mol. The van der Waals surface area contributed by atoms with Gasteiger partial charge in [-0.3, -0.25) is 14.4 Å². The normalized spacial score (nSPS) is 19.8. The van der Waals surface area contributed by atoms with E-state index >= 15 is 0 Å². The lowest BCUT2D eigenvalue weighted by atomic mass is 9.70. The number of fused-ring (bicyclic) bond motifs is 3. The summed E-state index contributed by atoms with van der Waals surface area (Å²) >= 11 is 0. The summed E-state index contributed by atoms with van der Waals surface area (Å²) in [5.74, 6) is -2.86. The molecule has 1 atom stereocenters. The van der Waals surface area contributed by atoms with Crippen molar-refractivity contribution >= 4 is 27.2 Å². The van der Waals surface area contributed by atoms with Gasteiger partial charge in [0.2, 0.25) is 0 Å². The number of sulfone groups is 1. The molecule has 0 aromatic heterocycles. The minimum Gasteiger partial charge on any atom is -0.507 e. The SMILES string of the molecule is COc1ccc(S(=O)(=O)CCN/C(C)=C2\C(=O)C=C3Oc4c(C(C)=O)c(O)c(C)c(O)c4[C@]3(C)C2=O)cc1. The van der Waals surface area contributed by atoms with Gasteiger partial charge in [0.25, 0.3) is 0 Å². The Labute approximate surface area is 219 Å². The second-order valence-electron chi connectivity index (χ2n) is 9.31. The molecule has 2 aliphatic rings. The number of nitrogens with one attached hydrogen (secondary N) is 1. The van der Waals surface area contributed by atoms with Crippen molar-refractivity contribution in [1.82, 2.24) is 5.32 Å². The fourth-order valence-corrected chi connectivity index (χ4v) is 5.88. The van der Waals surface area contributed by atoms with E-state index in [1.807, 2.05) is 0 Å². The van der Waals surface area contributed by atoms with E-state index in [0.29, 0.717) is 5.75 Å². The van der Waals surface area contributed by atoms with Crippen molar-refractivity contribution in [2.75, 3.05) is 19.4 Å². The Morgan fingerprint density at radius 3 is 2.32 bits per heavy atom. The summed E-state index contributed by atoms with van der Waals surface area (Å²) in [6.07, 6.45) is 1.10. The van der Waals surface area contributed by atoms with Crippen LogP contribution in [0.3, 0.4) is 0 Å². The summed E-state index contributed by atoms with van der Waals surface area (Å²) in [5.41, 5.74) is -1.96. The van der Waals surface area contributed by atoms with Crippen LogP contribution in [-0.2, 0) is 24.8 Å². The van der Waals surface area contributed by atoms with E-state index < -0.39 is 44.1 Å². The monoisotopic (exact) mass is 541 g/mol. The molecule has 1 aliphatic carbocycles. The van der Waals surface area contributed by atoms with Crippen LogP contribution in [-0.4, -0.2) is 55.4 Å². The molecule has 0 saturated carbocycles. The quantitative estimate of drug-likeness (QED) is 0.270. The van der Waals surface area contributed by atoms with Gasteiger partial charge in [-0.1, -0.05) is 0 Å². The van der Waals surface area contributed by atoms with Gasteiger partial charge in [0.1, 0.15) is 39.7 Å². The van der Waals surface area contributed by atoms with Crippen LogP contribution in [0.15, 0.2) is 52.3 Å². The van der Waals surface area contributed by atoms with Gasteiger partial charge in [0.15, 0.2) is 27.2 Å². The number of phenols is 2. The fourth-order valence-electron chi connectivity index (χ4n) is 4.72. The summed E-state index contributed by atoms with van der Waals surface area (Å²) in [6.45, 7) is 5.46. The first-order valence-corrected chi connectivity index (χ1v) is 13.3. The van der Waals surface area contributed by atoms with E-state index in [0.717, 1.165) is 6.08 Å². The van der Waals surface area contributed by atoms with Gasteiger partial charge in [-0.05, 0) is 52.0 Å². The molecule has 2 aromatic carbocycles. The number of carbonyl (C=O) groups excluding carboxylic acids is 3. The van der Waals surface area contributed by atoms with Crippen LogP contribution in [0.2, 0.25) is 0 Å². The van der Waals surface area contributed by atoms with Crippen molar-refractivity contribution in [1.29, 1.82) is 0 Å². The minimum atomic E-state index is -3.66. The number of carbonyl (C=O) groups is 3. The maximum Gasteiger partial charge on any atom is 0.194 e. The van der Waals surface area contributed by atoms with E-state index in [2.05, 4.69) is 5.32 Å². The molecule has 4 rings (SSSR count). The summed E-state index contributed by atoms with van der Waals surface area (Å²) in [5, 5.41) is 24.2. The van der Waals surface area contributed by atoms with Crippen molar-refractivity contribution in [2.45, 2.75) is 38.0 Å². The zero-order valence-corrected chi connectivity index (χ0v) is 22.3. The lowest BCUT2D eigenvalue weighted by molar-refractivity contribution is -0.123. The first-order chi connectivity index (χ1) is 17.7. The van der Waals surface area contributed by atoms with Crippen LogP contribution in [0.25, 0.3) is 0 Å². The molecule has 0 fully saturated rings. The highest BCUT2D eigenvalue weighted by Gasteiger charge is 2.56. The third-order valence-electron chi connectivity index (χ3n) is 6.94. The molecule has 0 saturated heterocycles. The van der Waals surface area contributed by atoms with E-state index in [1.54, 1.807) is 0 Å². The molecule has 1 heterocycles. The average molecular weight is 542 g/mol. The zero-order chi connectivity index (χ0) is 28.2. The van der Waals surface area contributed by atoms with Gasteiger partial charge in [-0.2, -0.15) is 0 Å². The number of ketones is 3. The van der Waals surface area contributed by atoms with Crippen molar-refractivity contribution in [3.63, 3.8) is 0 Å². The average Bonchev–Trinajstić information content (AvgIpc) is 3.15. The van der Waals surface area contributed by atoms with Crippen molar-refractivity contribution < 1.29 is 42.5 Å². The summed E-state index contributed by atoms with van der Waals surface area (Å²) in [6, 6.07) is 5.93. The minimum absolute atomic E-state index is 0.00570. The van der Waals surface area contributed by atoms with Gasteiger partial charge >= 0.3 is 0 Å². The van der Waals surface area contributed by atoms with E-state index in [1.165, 1.54) is 59.1 Å². The standard InChI is InChI=1S/C27H27NO9S/c1-13-23(31)21(15(3)29)25-22(24(13)32)27(4)19(37-25)12-18(30)20(26(27)33)14(2)28-10-11-38(34,35)17-8-6-16(36-5)7-9-17/h6-9,12,28,31-32H,10-11H2,1-5H3/b20-14+/t27-/m1/s1. The summed E-state index contributed by atoms with van der Waals surface area (Å²) in [7, 11) is -2.19. The Morgan fingerprint density at radius 2 is 1.74 bits per heavy atom. The second kappa shape index (κ2) is 9.32. The van der Waals surface area contributed by atoms with E-state index in [9.17, 15) is 33.0 Å². The molecule has 10 nitrogen and oxygen atoms in total. The van der Waals surface area contributed by atoms with E-state index in [4.69, 9.17) is 9.47 Å². The number of hydrogen-bond donors (Lipinski definition) is 3. The predicted octanol–water partition coefficient (Wildman–Crippen LogP) is 2.64. The van der Waals surface area contributed by atoms with Crippen LogP contribution in [0.1, 0.15) is 42.3 Å². The Hall–Kier alpha value is -4.12. The first kappa shape index (κ1) is 26.9. The number of Topliss-reactive ketones (excluding diaryl/α,β-unsaturated/α-hetero) is 2. The molecule has 0 spiro atoms. The molecule has 0 radical (unpaired) electrons. The Balaban J connectivity index is 1.67. The number of allylic oxidation sites excluding steroid dienone is 4. The molecule has 3 N–H and O–H groups in total. The van der Waals surface area contributed by atoms with Crippen molar-refractivity contribution in [3.8, 4) is 23.0 Å². The maximum absolute atomic E-state index is 13.8. The van der Waals surface area contributed by atoms with Crippen LogP contribution in [0.5, 0.6) is 23.0 Å². The lowest BCUT2D eigenvalue weighted by Gasteiger charge is -2.29. The Morgan fingerprint density at radius 1 is 1.11 bits per heavy atom. The highest BCUT2D eigenvalue weighted by Crippen LogP contribution is 2.57. The number of hydrogen-bond acceptors (Lipinski definition) is 10. The fraction of sp³-hybridized carbons (Fsp3) is 0.296. The number of ether oxygens (including phenoxy) is 2. The summed E-state index contributed by atoms with van der Waals surface area (Å²) < 4.78 is 36.2. The van der Waals surface area contributed by atoms with Crippen molar-refractivity contribution in [2.24, 2.45) is 0 Å². The number of phenolic OH excluding ortho intramolecular Hbond substituents is 2. The van der Waals surface area contributed by atoms with Crippen molar-refractivity contribution in [3.05, 3.63) is 64.1 Å². The molecule has 0 amide bonds. The number of benzene rings is 2. The zero-order valence-electron chi connectivity index (χ0n) is 21.5. The van der Waals surface area contributed by atoms with E-state index in [-0.39, 0.29) is 56.7 Å². The molecule has 0 bridgehead atoms. The molecule has 1 aliphatic heterocycles. The molecular weight excluding hydrogens is 514 g/mol. The highest BCUT2D eigenvalue weighted by atomic mass is 32.2. The topological polar surface area (TPSA) is 156 Å². The third kappa shape index (κ3) is 4.03. The second-order valence-corrected chi connectivity index (χ2v) is 11.4. The highest BCUT2D eigenvalue weighted by molar-refractivity contribution is 7.91. The first-order valence-electron chi connectivity index (χ1n) is 11.7. The lowest BCUT2D eigenvalue weighted by Crippen LogP contribution is -2.41. The van der Waals surface area contributed by atoms with Gasteiger partial charge in [-0.25, -0.2) is 8.42 Å². The van der Waals surface area contributed by atoms with Crippen LogP contribution < -0.4 is 14.8 Å². The van der Waals surface area contributed by atoms with Gasteiger partial charge in [0.05, 0.1) is 28.9 Å². The summed E-state index contributed by atoms with van der Waals surface area (Å²) in [4.78, 5) is 39.2. The van der Waals surface area contributed by atoms with Crippen LogP contribution >= 0.6 is 0 Å². The van der Waals surface area contributed by atoms with Gasteiger partial charge in [-0.15, -0.1) is 0 Å². The molecule has 0 unspecified atom stereocenters. The molecule has 38 heavy (non-hydrogen) atoms. The molecular formula is C27H27NO9S. The van der Waals surface area contributed by atoms with Gasteiger partial charge < -0.3 is 25.0 Å². The van der Waals surface area contributed by atoms with Gasteiger partial charge in [0, 0.05) is 23.9 Å². The largest absolute Gasteiger partial charge is 0.507 e. The third-order valence-corrected chi connectivity index (χ3v) is 8.67. The number of aromatic hydroxyl groups is 2. The molecule has 2 aromatic rings. The Bertz CT molecular complexity index is 1570. The Kier molecular flexibility index (Phi) is 6.60. The maximum atomic E-state index is 13.8. The number of methoxy groups -OCH3 is 1. The number of rotatable bonds is 7. The van der Waals surface area contributed by atoms with Crippen LogP contribution in [0.4, 0.5) is 0 Å². The smallest absolute Gasteiger partial charge is 0.194 e. The molecule has 11 heteroatoms. The molecule has 200 valence electrons.